The molecule has 0 amide bonds. The van der Waals surface area contributed by atoms with Gasteiger partial charge in [-0.2, -0.15) is 0 Å². The second kappa shape index (κ2) is 6.25. The lowest BCUT2D eigenvalue weighted by Crippen LogP contribution is -2.37. The predicted molar refractivity (Wildman–Crippen MR) is 66.0 cm³/mol. The molecule has 0 heterocycles. The number of carbonyl (C=O) groups is 1. The Bertz CT molecular complexity index is 390. The van der Waals surface area contributed by atoms with Gasteiger partial charge >= 0.3 is 5.97 Å². The summed E-state index contributed by atoms with van der Waals surface area (Å²) in [5.74, 6) is 0.313. The summed E-state index contributed by atoms with van der Waals surface area (Å²) in [6.07, 6.45) is 0. The second-order valence-corrected chi connectivity index (χ2v) is 3.94. The van der Waals surface area contributed by atoms with Crippen LogP contribution in [0.5, 0.6) is 5.75 Å². The van der Waals surface area contributed by atoms with Crippen molar-refractivity contribution in [3.8, 4) is 5.75 Å². The zero-order chi connectivity index (χ0) is 12.8. The topological polar surface area (TPSA) is 61.5 Å². The zero-order valence-electron chi connectivity index (χ0n) is 10.5. The first kappa shape index (κ1) is 13.5. The molecule has 0 aliphatic heterocycles. The van der Waals surface area contributed by atoms with E-state index in [2.05, 4.69) is 0 Å². The van der Waals surface area contributed by atoms with Crippen molar-refractivity contribution in [1.29, 1.82) is 0 Å². The molecular weight excluding hydrogens is 218 g/mol. The van der Waals surface area contributed by atoms with Crippen LogP contribution >= 0.6 is 0 Å². The minimum Gasteiger partial charge on any atom is -0.491 e. The first-order valence-corrected chi connectivity index (χ1v) is 5.67. The normalized spacial score (nSPS) is 12.0. The highest BCUT2D eigenvalue weighted by atomic mass is 16.5. The Morgan fingerprint density at radius 1 is 1.41 bits per heavy atom. The number of carbonyl (C=O) groups excluding carboxylic acids is 1. The molecule has 17 heavy (non-hydrogen) atoms. The molecular formula is C13H19NO3. The van der Waals surface area contributed by atoms with Gasteiger partial charge in [-0.1, -0.05) is 17.7 Å². The van der Waals surface area contributed by atoms with E-state index in [1.54, 1.807) is 6.92 Å². The summed E-state index contributed by atoms with van der Waals surface area (Å²) < 4.78 is 10.3. The third kappa shape index (κ3) is 4.07. The fourth-order valence-electron chi connectivity index (χ4n) is 1.46. The molecule has 0 saturated carbocycles. The number of ether oxygens (including phenoxy) is 2. The van der Waals surface area contributed by atoms with Crippen LogP contribution in [0.4, 0.5) is 0 Å². The van der Waals surface area contributed by atoms with Gasteiger partial charge < -0.3 is 15.2 Å². The second-order valence-electron chi connectivity index (χ2n) is 3.94. The summed E-state index contributed by atoms with van der Waals surface area (Å²) in [7, 11) is 0. The number of hydrogen-bond donors (Lipinski definition) is 1. The van der Waals surface area contributed by atoms with Crippen molar-refractivity contribution in [1.82, 2.24) is 0 Å². The third-order valence-corrected chi connectivity index (χ3v) is 2.34. The number of aryl methyl sites for hydroxylation is 2. The van der Waals surface area contributed by atoms with E-state index in [-0.39, 0.29) is 6.61 Å². The Morgan fingerprint density at radius 2 is 2.12 bits per heavy atom. The molecule has 0 spiro atoms. The minimum absolute atomic E-state index is 0.128. The van der Waals surface area contributed by atoms with Crippen molar-refractivity contribution in [3.05, 3.63) is 29.3 Å². The summed E-state index contributed by atoms with van der Waals surface area (Å²) in [6.45, 7) is 6.17. The van der Waals surface area contributed by atoms with Crippen LogP contribution < -0.4 is 10.5 Å². The average Bonchev–Trinajstić information content (AvgIpc) is 2.27. The van der Waals surface area contributed by atoms with E-state index in [4.69, 9.17) is 15.2 Å². The van der Waals surface area contributed by atoms with E-state index in [0.717, 1.165) is 11.3 Å². The standard InChI is InChI=1S/C13H19NO3/c1-4-16-13(15)11(14)8-17-12-6-5-9(2)7-10(12)3/h5-7,11H,4,8,14H2,1-3H3. The van der Waals surface area contributed by atoms with Gasteiger partial charge in [-0.3, -0.25) is 4.79 Å². The Kier molecular flexibility index (Phi) is 4.97. The molecule has 1 unspecified atom stereocenters. The maximum Gasteiger partial charge on any atom is 0.326 e. The summed E-state index contributed by atoms with van der Waals surface area (Å²) >= 11 is 0. The fraction of sp³-hybridized carbons (Fsp3) is 0.462. The maximum atomic E-state index is 11.3. The van der Waals surface area contributed by atoms with E-state index in [0.29, 0.717) is 6.61 Å². The third-order valence-electron chi connectivity index (χ3n) is 2.34. The van der Waals surface area contributed by atoms with Crippen molar-refractivity contribution in [2.45, 2.75) is 26.8 Å². The molecule has 4 nitrogen and oxygen atoms in total. The van der Waals surface area contributed by atoms with E-state index in [1.807, 2.05) is 32.0 Å². The van der Waals surface area contributed by atoms with Crippen LogP contribution in [0.25, 0.3) is 0 Å². The van der Waals surface area contributed by atoms with Crippen LogP contribution in [0, 0.1) is 13.8 Å². The van der Waals surface area contributed by atoms with Gasteiger partial charge in [0.1, 0.15) is 18.4 Å². The van der Waals surface area contributed by atoms with Gasteiger partial charge in [0, 0.05) is 0 Å². The molecule has 2 N–H and O–H groups in total. The van der Waals surface area contributed by atoms with E-state index in [9.17, 15) is 4.79 Å². The molecule has 0 bridgehead atoms. The number of hydrogen-bond acceptors (Lipinski definition) is 4. The highest BCUT2D eigenvalue weighted by molar-refractivity contribution is 5.75. The highest BCUT2D eigenvalue weighted by Gasteiger charge is 2.15. The SMILES string of the molecule is CCOC(=O)C(N)COc1ccc(C)cc1C. The maximum absolute atomic E-state index is 11.3. The van der Waals surface area contributed by atoms with Crippen molar-refractivity contribution in [2.24, 2.45) is 5.73 Å². The van der Waals surface area contributed by atoms with Gasteiger partial charge in [0.25, 0.3) is 0 Å². The Morgan fingerprint density at radius 3 is 2.71 bits per heavy atom. The lowest BCUT2D eigenvalue weighted by Gasteiger charge is -2.13. The van der Waals surface area contributed by atoms with Gasteiger partial charge in [0.15, 0.2) is 0 Å². The summed E-state index contributed by atoms with van der Waals surface area (Å²) in [5, 5.41) is 0. The first-order valence-electron chi connectivity index (χ1n) is 5.67. The lowest BCUT2D eigenvalue weighted by molar-refractivity contribution is -0.145. The molecule has 0 aliphatic carbocycles. The van der Waals surface area contributed by atoms with Gasteiger partial charge in [-0.05, 0) is 32.4 Å². The average molecular weight is 237 g/mol. The van der Waals surface area contributed by atoms with E-state index < -0.39 is 12.0 Å². The monoisotopic (exact) mass is 237 g/mol. The van der Waals surface area contributed by atoms with Crippen LogP contribution in [0.1, 0.15) is 18.1 Å². The molecule has 1 aromatic rings. The largest absolute Gasteiger partial charge is 0.491 e. The number of esters is 1. The van der Waals surface area contributed by atoms with Crippen molar-refractivity contribution < 1.29 is 14.3 Å². The molecule has 1 atom stereocenters. The lowest BCUT2D eigenvalue weighted by atomic mass is 10.1. The van der Waals surface area contributed by atoms with Crippen LogP contribution in [0.3, 0.4) is 0 Å². The molecule has 1 rings (SSSR count). The molecule has 0 aromatic heterocycles. The summed E-state index contributed by atoms with van der Waals surface area (Å²) in [4.78, 5) is 11.3. The van der Waals surface area contributed by atoms with Gasteiger partial charge in [-0.25, -0.2) is 0 Å². The Hall–Kier alpha value is -1.55. The molecule has 94 valence electrons. The zero-order valence-corrected chi connectivity index (χ0v) is 10.5. The van der Waals surface area contributed by atoms with Gasteiger partial charge in [0.05, 0.1) is 6.61 Å². The highest BCUT2D eigenvalue weighted by Crippen LogP contribution is 2.18. The first-order chi connectivity index (χ1) is 8.04. The van der Waals surface area contributed by atoms with Crippen molar-refractivity contribution >= 4 is 5.97 Å². The Balaban J connectivity index is 2.52. The molecule has 0 fully saturated rings. The fourth-order valence-corrected chi connectivity index (χ4v) is 1.46. The van der Waals surface area contributed by atoms with Gasteiger partial charge in [0.2, 0.25) is 0 Å². The van der Waals surface area contributed by atoms with E-state index in [1.165, 1.54) is 5.56 Å². The molecule has 0 saturated heterocycles. The van der Waals surface area contributed by atoms with E-state index >= 15 is 0 Å². The van der Waals surface area contributed by atoms with Crippen LogP contribution in [0.2, 0.25) is 0 Å². The van der Waals surface area contributed by atoms with Crippen LogP contribution in [-0.2, 0) is 9.53 Å². The molecule has 0 aliphatic rings. The predicted octanol–water partition coefficient (Wildman–Crippen LogP) is 1.57. The van der Waals surface area contributed by atoms with Crippen LogP contribution in [0.15, 0.2) is 18.2 Å². The smallest absolute Gasteiger partial charge is 0.326 e. The molecule has 1 aromatic carbocycles. The number of rotatable bonds is 5. The van der Waals surface area contributed by atoms with Crippen LogP contribution in [-0.4, -0.2) is 25.2 Å². The van der Waals surface area contributed by atoms with Crippen molar-refractivity contribution in [2.75, 3.05) is 13.2 Å². The molecule has 0 radical (unpaired) electrons. The quantitative estimate of drug-likeness (QED) is 0.790. The Labute approximate surface area is 102 Å². The van der Waals surface area contributed by atoms with Crippen molar-refractivity contribution in [3.63, 3.8) is 0 Å². The summed E-state index contributed by atoms with van der Waals surface area (Å²) in [5.41, 5.74) is 7.83. The molecule has 4 heteroatoms. The minimum atomic E-state index is -0.740. The van der Waals surface area contributed by atoms with Gasteiger partial charge in [-0.15, -0.1) is 0 Å². The summed E-state index contributed by atoms with van der Waals surface area (Å²) in [6, 6.07) is 5.11. The number of benzene rings is 1. The number of nitrogens with two attached hydrogens (primary N) is 1.